The highest BCUT2D eigenvalue weighted by molar-refractivity contribution is 7.13. The second kappa shape index (κ2) is 4.81. The lowest BCUT2D eigenvalue weighted by atomic mass is 10.1. The molecule has 0 bridgehead atoms. The molecule has 19 heavy (non-hydrogen) atoms. The molecule has 0 aromatic carbocycles. The van der Waals surface area contributed by atoms with Crippen LogP contribution in [0.4, 0.5) is 0 Å². The highest BCUT2D eigenvalue weighted by Gasteiger charge is 2.22. The van der Waals surface area contributed by atoms with Crippen LogP contribution >= 0.6 is 11.3 Å². The van der Waals surface area contributed by atoms with Gasteiger partial charge in [0.25, 0.3) is 5.91 Å². The summed E-state index contributed by atoms with van der Waals surface area (Å²) in [5, 5.41) is 3.12. The Morgan fingerprint density at radius 1 is 1.47 bits per heavy atom. The van der Waals surface area contributed by atoms with Gasteiger partial charge in [-0.2, -0.15) is 0 Å². The predicted octanol–water partition coefficient (Wildman–Crippen LogP) is 2.31. The minimum absolute atomic E-state index is 0.0448. The summed E-state index contributed by atoms with van der Waals surface area (Å²) in [6, 6.07) is 4.08. The Morgan fingerprint density at radius 2 is 2.32 bits per heavy atom. The summed E-state index contributed by atoms with van der Waals surface area (Å²) in [5.41, 5.74) is 1.05. The quantitative estimate of drug-likeness (QED) is 0.914. The van der Waals surface area contributed by atoms with Crippen molar-refractivity contribution in [3.8, 4) is 0 Å². The molecule has 0 saturated heterocycles. The fourth-order valence-corrected chi connectivity index (χ4v) is 3.29. The number of aryl methyl sites for hydroxylation is 3. The molecule has 3 heterocycles. The van der Waals surface area contributed by atoms with Crippen LogP contribution in [0.3, 0.4) is 0 Å². The lowest BCUT2D eigenvalue weighted by molar-refractivity contribution is 0.0931. The molecule has 100 valence electrons. The fraction of sp³-hybridized carbons (Fsp3) is 0.429. The maximum atomic E-state index is 12.1. The van der Waals surface area contributed by atoms with Crippen molar-refractivity contribution in [3.05, 3.63) is 39.6 Å². The standard InChI is InChI=1S/C14H17N3OS/c1-9-7-17-8-11(4-6-13(17)15-9)16-14(18)12-5-3-10(2)19-12/h3,5,7,11H,4,6,8H2,1-2H3,(H,16,18)/t11-/m0/s1. The van der Waals surface area contributed by atoms with E-state index >= 15 is 0 Å². The minimum atomic E-state index is 0.0448. The van der Waals surface area contributed by atoms with Gasteiger partial charge in [-0.15, -0.1) is 11.3 Å². The maximum absolute atomic E-state index is 12.1. The van der Waals surface area contributed by atoms with Crippen LogP contribution in [0.5, 0.6) is 0 Å². The number of nitrogens with one attached hydrogen (secondary N) is 1. The number of rotatable bonds is 2. The molecule has 2 aromatic heterocycles. The van der Waals surface area contributed by atoms with E-state index in [4.69, 9.17) is 0 Å². The van der Waals surface area contributed by atoms with Crippen molar-refractivity contribution in [1.29, 1.82) is 0 Å². The number of nitrogens with zero attached hydrogens (tertiary/aromatic N) is 2. The minimum Gasteiger partial charge on any atom is -0.347 e. The SMILES string of the molecule is Cc1cn2c(n1)CC[C@H](NC(=O)c1ccc(C)s1)C2. The van der Waals surface area contributed by atoms with Crippen LogP contribution in [0.1, 0.15) is 32.5 Å². The first kappa shape index (κ1) is 12.4. The lowest BCUT2D eigenvalue weighted by Crippen LogP contribution is -2.40. The van der Waals surface area contributed by atoms with Crippen molar-refractivity contribution < 1.29 is 4.79 Å². The van der Waals surface area contributed by atoms with E-state index in [-0.39, 0.29) is 11.9 Å². The second-order valence-corrected chi connectivity index (χ2v) is 6.36. The van der Waals surface area contributed by atoms with Crippen LogP contribution in [0, 0.1) is 13.8 Å². The Balaban J connectivity index is 1.67. The first-order chi connectivity index (χ1) is 9.11. The van der Waals surface area contributed by atoms with Gasteiger partial charge in [-0.1, -0.05) is 0 Å². The van der Waals surface area contributed by atoms with Crippen LogP contribution in [0.25, 0.3) is 0 Å². The molecule has 4 nitrogen and oxygen atoms in total. The van der Waals surface area contributed by atoms with Crippen LogP contribution in [0.15, 0.2) is 18.3 Å². The normalized spacial score (nSPS) is 18.1. The smallest absolute Gasteiger partial charge is 0.261 e. The van der Waals surface area contributed by atoms with E-state index in [1.54, 1.807) is 11.3 Å². The molecule has 0 fully saturated rings. The molecule has 0 spiro atoms. The van der Waals surface area contributed by atoms with Crippen molar-refractivity contribution in [3.63, 3.8) is 0 Å². The number of carbonyl (C=O) groups excluding carboxylic acids is 1. The molecular formula is C14H17N3OS. The molecule has 0 unspecified atom stereocenters. The fourth-order valence-electron chi connectivity index (χ4n) is 2.52. The van der Waals surface area contributed by atoms with Crippen LogP contribution in [-0.4, -0.2) is 21.5 Å². The molecule has 1 aliphatic rings. The van der Waals surface area contributed by atoms with Gasteiger partial charge in [0.1, 0.15) is 5.82 Å². The summed E-state index contributed by atoms with van der Waals surface area (Å²) in [5.74, 6) is 1.18. The average Bonchev–Trinajstić information content (AvgIpc) is 2.93. The Kier molecular flexibility index (Phi) is 3.14. The third kappa shape index (κ3) is 2.56. The van der Waals surface area contributed by atoms with Crippen molar-refractivity contribution in [2.45, 2.75) is 39.3 Å². The molecule has 0 radical (unpaired) electrons. The van der Waals surface area contributed by atoms with Gasteiger partial charge in [0.05, 0.1) is 10.6 Å². The molecule has 1 N–H and O–H groups in total. The molecule has 1 atom stereocenters. The molecule has 1 aliphatic heterocycles. The number of fused-ring (bicyclic) bond motifs is 1. The molecule has 3 rings (SSSR count). The highest BCUT2D eigenvalue weighted by atomic mass is 32.1. The van der Waals surface area contributed by atoms with Gasteiger partial charge in [-0.05, 0) is 32.4 Å². The number of amides is 1. The van der Waals surface area contributed by atoms with Gasteiger partial charge < -0.3 is 9.88 Å². The summed E-state index contributed by atoms with van der Waals surface area (Å²) in [7, 11) is 0. The molecular weight excluding hydrogens is 258 g/mol. The van der Waals surface area contributed by atoms with E-state index in [0.717, 1.165) is 35.8 Å². The average molecular weight is 275 g/mol. The largest absolute Gasteiger partial charge is 0.347 e. The van der Waals surface area contributed by atoms with Gasteiger partial charge in [0, 0.05) is 30.1 Å². The number of hydrogen-bond donors (Lipinski definition) is 1. The van der Waals surface area contributed by atoms with E-state index in [0.29, 0.717) is 0 Å². The summed E-state index contributed by atoms with van der Waals surface area (Å²) in [6.07, 6.45) is 3.96. The molecule has 1 amide bonds. The Labute approximate surface area is 116 Å². The van der Waals surface area contributed by atoms with E-state index in [1.807, 2.05) is 26.0 Å². The Morgan fingerprint density at radius 3 is 3.05 bits per heavy atom. The van der Waals surface area contributed by atoms with Crippen LogP contribution < -0.4 is 5.32 Å². The molecule has 5 heteroatoms. The number of aromatic nitrogens is 2. The number of carbonyl (C=O) groups is 1. The van der Waals surface area contributed by atoms with Gasteiger partial charge in [-0.25, -0.2) is 4.98 Å². The number of hydrogen-bond acceptors (Lipinski definition) is 3. The zero-order valence-electron chi connectivity index (χ0n) is 11.1. The summed E-state index contributed by atoms with van der Waals surface area (Å²) >= 11 is 1.54. The van der Waals surface area contributed by atoms with E-state index in [1.165, 1.54) is 4.88 Å². The summed E-state index contributed by atoms with van der Waals surface area (Å²) < 4.78 is 2.16. The zero-order valence-corrected chi connectivity index (χ0v) is 12.0. The first-order valence-corrected chi connectivity index (χ1v) is 7.33. The lowest BCUT2D eigenvalue weighted by Gasteiger charge is -2.24. The van der Waals surface area contributed by atoms with Crippen molar-refractivity contribution in [2.75, 3.05) is 0 Å². The van der Waals surface area contributed by atoms with Gasteiger partial charge in [-0.3, -0.25) is 4.79 Å². The first-order valence-electron chi connectivity index (χ1n) is 6.52. The highest BCUT2D eigenvalue weighted by Crippen LogP contribution is 2.18. The molecule has 2 aromatic rings. The van der Waals surface area contributed by atoms with Gasteiger partial charge in [0.15, 0.2) is 0 Å². The van der Waals surface area contributed by atoms with E-state index in [9.17, 15) is 4.79 Å². The van der Waals surface area contributed by atoms with Gasteiger partial charge >= 0.3 is 0 Å². The molecule has 0 aliphatic carbocycles. The second-order valence-electron chi connectivity index (χ2n) is 5.07. The number of thiophene rings is 1. The van der Waals surface area contributed by atoms with Crippen LogP contribution in [0.2, 0.25) is 0 Å². The Bertz CT molecular complexity index is 614. The summed E-state index contributed by atoms with van der Waals surface area (Å²) in [6.45, 7) is 4.85. The Hall–Kier alpha value is -1.62. The van der Waals surface area contributed by atoms with E-state index < -0.39 is 0 Å². The van der Waals surface area contributed by atoms with E-state index in [2.05, 4.69) is 21.1 Å². The van der Waals surface area contributed by atoms with Crippen molar-refractivity contribution in [1.82, 2.24) is 14.9 Å². The number of imidazole rings is 1. The maximum Gasteiger partial charge on any atom is 0.261 e. The van der Waals surface area contributed by atoms with Crippen LogP contribution in [-0.2, 0) is 13.0 Å². The third-order valence-corrected chi connectivity index (χ3v) is 4.41. The zero-order chi connectivity index (χ0) is 13.4. The van der Waals surface area contributed by atoms with Gasteiger partial charge in [0.2, 0.25) is 0 Å². The predicted molar refractivity (Wildman–Crippen MR) is 75.6 cm³/mol. The van der Waals surface area contributed by atoms with Crippen molar-refractivity contribution >= 4 is 17.2 Å². The van der Waals surface area contributed by atoms with Crippen molar-refractivity contribution in [2.24, 2.45) is 0 Å². The topological polar surface area (TPSA) is 46.9 Å². The third-order valence-electron chi connectivity index (χ3n) is 3.41. The molecule has 0 saturated carbocycles. The monoisotopic (exact) mass is 275 g/mol. The summed E-state index contributed by atoms with van der Waals surface area (Å²) in [4.78, 5) is 18.6.